The average Bonchev–Trinajstić information content (AvgIpc) is 2.53. The summed E-state index contributed by atoms with van der Waals surface area (Å²) in [6.07, 6.45) is 0. The van der Waals surface area contributed by atoms with Gasteiger partial charge in [-0.25, -0.2) is 4.79 Å². The molecule has 114 valence electrons. The number of anilines is 2. The number of esters is 1. The van der Waals surface area contributed by atoms with E-state index in [-0.39, 0.29) is 11.7 Å². The topological polar surface area (TPSA) is 81.4 Å². The molecule has 1 amide bonds. The molecule has 0 heterocycles. The number of benzene rings is 2. The van der Waals surface area contributed by atoms with E-state index in [1.807, 2.05) is 12.1 Å². The molecule has 0 aliphatic carbocycles. The van der Waals surface area contributed by atoms with Crippen LogP contribution < -0.4 is 11.1 Å². The van der Waals surface area contributed by atoms with Crippen LogP contribution in [0, 0.1) is 0 Å². The Hall–Kier alpha value is -2.47. The molecule has 2 aromatic rings. The second kappa shape index (κ2) is 7.51. The molecule has 5 nitrogen and oxygen atoms in total. The smallest absolute Gasteiger partial charge is 0.339 e. The highest BCUT2D eigenvalue weighted by atomic mass is 32.2. The van der Waals surface area contributed by atoms with Crippen molar-refractivity contribution in [1.29, 1.82) is 0 Å². The van der Waals surface area contributed by atoms with Crippen LogP contribution in [0.25, 0.3) is 0 Å². The van der Waals surface area contributed by atoms with Crippen molar-refractivity contribution >= 4 is 35.0 Å². The van der Waals surface area contributed by atoms with Gasteiger partial charge in [0.2, 0.25) is 5.91 Å². The number of hydrogen-bond acceptors (Lipinski definition) is 5. The van der Waals surface area contributed by atoms with Crippen LogP contribution in [-0.2, 0) is 9.53 Å². The monoisotopic (exact) mass is 316 g/mol. The molecule has 22 heavy (non-hydrogen) atoms. The van der Waals surface area contributed by atoms with Crippen molar-refractivity contribution in [3.05, 3.63) is 54.1 Å². The summed E-state index contributed by atoms with van der Waals surface area (Å²) in [5.41, 5.74) is 7.11. The number of rotatable bonds is 5. The van der Waals surface area contributed by atoms with Crippen LogP contribution in [0.3, 0.4) is 0 Å². The van der Waals surface area contributed by atoms with E-state index in [1.165, 1.54) is 18.9 Å². The molecule has 0 aromatic heterocycles. The van der Waals surface area contributed by atoms with Crippen molar-refractivity contribution in [3.8, 4) is 0 Å². The summed E-state index contributed by atoms with van der Waals surface area (Å²) in [5, 5.41) is 2.72. The number of para-hydroxylation sites is 1. The predicted molar refractivity (Wildman–Crippen MR) is 88.0 cm³/mol. The molecule has 2 aromatic carbocycles. The lowest BCUT2D eigenvalue weighted by Crippen LogP contribution is -2.17. The number of nitrogens with two attached hydrogens (primary N) is 1. The lowest BCUT2D eigenvalue weighted by atomic mass is 10.2. The number of ether oxygens (including phenoxy) is 1. The summed E-state index contributed by atoms with van der Waals surface area (Å²) in [6, 6.07) is 14.0. The van der Waals surface area contributed by atoms with E-state index in [0.717, 1.165) is 4.90 Å². The molecule has 6 heteroatoms. The Morgan fingerprint density at radius 3 is 2.68 bits per heavy atom. The summed E-state index contributed by atoms with van der Waals surface area (Å²) >= 11 is 1.37. The van der Waals surface area contributed by atoms with Gasteiger partial charge in [0, 0.05) is 10.6 Å². The Morgan fingerprint density at radius 1 is 1.18 bits per heavy atom. The molecule has 0 aliphatic rings. The Labute approximate surface area is 132 Å². The van der Waals surface area contributed by atoms with Crippen LogP contribution in [0.2, 0.25) is 0 Å². The highest BCUT2D eigenvalue weighted by Gasteiger charge is 2.13. The normalized spacial score (nSPS) is 10.0. The van der Waals surface area contributed by atoms with Crippen LogP contribution in [0.15, 0.2) is 53.4 Å². The molecule has 0 atom stereocenters. The molecule has 0 unspecified atom stereocenters. The van der Waals surface area contributed by atoms with E-state index in [1.54, 1.807) is 36.4 Å². The Balaban J connectivity index is 1.99. The quantitative estimate of drug-likeness (QED) is 0.503. The maximum absolute atomic E-state index is 12.0. The number of carbonyl (C=O) groups excluding carboxylic acids is 2. The zero-order valence-electron chi connectivity index (χ0n) is 12.0. The molecule has 0 saturated carbocycles. The SMILES string of the molecule is COC(=O)c1ccccc1NC(=O)CSc1cccc(N)c1. The van der Waals surface area contributed by atoms with Crippen LogP contribution in [0.5, 0.6) is 0 Å². The number of hydrogen-bond donors (Lipinski definition) is 2. The summed E-state index contributed by atoms with van der Waals surface area (Å²) < 4.78 is 4.69. The van der Waals surface area contributed by atoms with E-state index in [9.17, 15) is 9.59 Å². The third-order valence-corrected chi connectivity index (χ3v) is 3.83. The minimum Gasteiger partial charge on any atom is -0.465 e. The van der Waals surface area contributed by atoms with Crippen LogP contribution in [0.4, 0.5) is 11.4 Å². The van der Waals surface area contributed by atoms with Gasteiger partial charge in [-0.15, -0.1) is 11.8 Å². The van der Waals surface area contributed by atoms with Crippen LogP contribution in [0.1, 0.15) is 10.4 Å². The van der Waals surface area contributed by atoms with Gasteiger partial charge in [-0.1, -0.05) is 18.2 Å². The fraction of sp³-hybridized carbons (Fsp3) is 0.125. The van der Waals surface area contributed by atoms with Gasteiger partial charge in [-0.05, 0) is 30.3 Å². The fourth-order valence-corrected chi connectivity index (χ4v) is 2.58. The highest BCUT2D eigenvalue weighted by Crippen LogP contribution is 2.21. The minimum atomic E-state index is -0.487. The molecule has 0 fully saturated rings. The van der Waals surface area contributed by atoms with Crippen molar-refractivity contribution in [2.45, 2.75) is 4.90 Å². The van der Waals surface area contributed by atoms with Crippen molar-refractivity contribution in [1.82, 2.24) is 0 Å². The molecule has 0 spiro atoms. The summed E-state index contributed by atoms with van der Waals surface area (Å²) in [5.74, 6) is -0.470. The summed E-state index contributed by atoms with van der Waals surface area (Å²) in [7, 11) is 1.30. The van der Waals surface area contributed by atoms with Crippen molar-refractivity contribution in [3.63, 3.8) is 0 Å². The van der Waals surface area contributed by atoms with Gasteiger partial charge in [0.1, 0.15) is 0 Å². The van der Waals surface area contributed by atoms with E-state index >= 15 is 0 Å². The lowest BCUT2D eigenvalue weighted by Gasteiger charge is -2.09. The Morgan fingerprint density at radius 2 is 1.95 bits per heavy atom. The minimum absolute atomic E-state index is 0.205. The number of nitrogen functional groups attached to an aromatic ring is 1. The number of nitrogens with one attached hydrogen (secondary N) is 1. The first-order chi connectivity index (χ1) is 10.6. The van der Waals surface area contributed by atoms with Gasteiger partial charge in [0.15, 0.2) is 0 Å². The number of methoxy groups -OCH3 is 1. The molecular weight excluding hydrogens is 300 g/mol. The molecule has 0 aliphatic heterocycles. The number of thioether (sulfide) groups is 1. The maximum atomic E-state index is 12.0. The lowest BCUT2D eigenvalue weighted by molar-refractivity contribution is -0.113. The van der Waals surface area contributed by atoms with Gasteiger partial charge in [0.05, 0.1) is 24.1 Å². The summed E-state index contributed by atoms with van der Waals surface area (Å²) in [4.78, 5) is 24.6. The van der Waals surface area contributed by atoms with Crippen molar-refractivity contribution < 1.29 is 14.3 Å². The van der Waals surface area contributed by atoms with Crippen molar-refractivity contribution in [2.24, 2.45) is 0 Å². The standard InChI is InChI=1S/C16H16N2O3S/c1-21-16(20)13-7-2-3-8-14(13)18-15(19)10-22-12-6-4-5-11(17)9-12/h2-9H,10,17H2,1H3,(H,18,19). The summed E-state index contributed by atoms with van der Waals surface area (Å²) in [6.45, 7) is 0. The second-order valence-corrected chi connectivity index (χ2v) is 5.50. The fourth-order valence-electron chi connectivity index (χ4n) is 1.82. The van der Waals surface area contributed by atoms with Gasteiger partial charge in [0.25, 0.3) is 0 Å². The third kappa shape index (κ3) is 4.26. The maximum Gasteiger partial charge on any atom is 0.339 e. The zero-order valence-corrected chi connectivity index (χ0v) is 12.9. The van der Waals surface area contributed by atoms with Crippen molar-refractivity contribution in [2.75, 3.05) is 23.9 Å². The van der Waals surface area contributed by atoms with E-state index in [2.05, 4.69) is 5.32 Å². The third-order valence-electron chi connectivity index (χ3n) is 2.83. The zero-order chi connectivity index (χ0) is 15.9. The highest BCUT2D eigenvalue weighted by molar-refractivity contribution is 8.00. The predicted octanol–water partition coefficient (Wildman–Crippen LogP) is 2.79. The second-order valence-electron chi connectivity index (χ2n) is 4.45. The number of amides is 1. The Bertz CT molecular complexity index is 689. The Kier molecular flexibility index (Phi) is 5.43. The molecule has 2 rings (SSSR count). The molecule has 0 bridgehead atoms. The van der Waals surface area contributed by atoms with Gasteiger partial charge >= 0.3 is 5.97 Å². The average molecular weight is 316 g/mol. The molecule has 0 radical (unpaired) electrons. The van der Waals surface area contributed by atoms with E-state index in [4.69, 9.17) is 10.5 Å². The van der Waals surface area contributed by atoms with Crippen LogP contribution >= 0.6 is 11.8 Å². The first kappa shape index (κ1) is 15.9. The van der Waals surface area contributed by atoms with E-state index in [0.29, 0.717) is 16.9 Å². The van der Waals surface area contributed by atoms with Gasteiger partial charge in [-0.2, -0.15) is 0 Å². The first-order valence-electron chi connectivity index (χ1n) is 6.55. The van der Waals surface area contributed by atoms with Crippen LogP contribution in [-0.4, -0.2) is 24.7 Å². The van der Waals surface area contributed by atoms with Gasteiger partial charge < -0.3 is 15.8 Å². The van der Waals surface area contributed by atoms with Gasteiger partial charge in [-0.3, -0.25) is 4.79 Å². The molecule has 3 N–H and O–H groups in total. The molecular formula is C16H16N2O3S. The van der Waals surface area contributed by atoms with E-state index < -0.39 is 5.97 Å². The first-order valence-corrected chi connectivity index (χ1v) is 7.54. The largest absolute Gasteiger partial charge is 0.465 e. The molecule has 0 saturated heterocycles. The number of carbonyl (C=O) groups is 2.